The van der Waals surface area contributed by atoms with E-state index in [1.54, 1.807) is 13.0 Å². The van der Waals surface area contributed by atoms with Crippen molar-refractivity contribution in [3.63, 3.8) is 0 Å². The van der Waals surface area contributed by atoms with Gasteiger partial charge in [0.05, 0.1) is 6.61 Å². The van der Waals surface area contributed by atoms with E-state index >= 15 is 0 Å². The maximum atomic E-state index is 10.5. The molecule has 0 aromatic heterocycles. The summed E-state index contributed by atoms with van der Waals surface area (Å²) in [6, 6.07) is 0. The first kappa shape index (κ1) is 19.2. The molecule has 0 saturated heterocycles. The summed E-state index contributed by atoms with van der Waals surface area (Å²) in [5.74, 6) is -0.934. The van der Waals surface area contributed by atoms with Crippen LogP contribution in [0, 0.1) is 5.41 Å². The van der Waals surface area contributed by atoms with Crippen molar-refractivity contribution in [1.29, 1.82) is 0 Å². The van der Waals surface area contributed by atoms with Crippen molar-refractivity contribution < 1.29 is 15.0 Å². The molecule has 23 heavy (non-hydrogen) atoms. The standard InChI is InChI=1S/C20H28O3/c1-15(7-5-8-16(2)13-19(22)23)10-11-18-17(3)9-6-12-20(18,4)14-21/h5,7-8,10-11,13,21H,6,9,12,14H2,1-4H3,(H,22,23)/b8-5+,11-10+,15-7+,16-13+. The van der Waals surface area contributed by atoms with Crippen molar-refractivity contribution in [2.75, 3.05) is 6.61 Å². The van der Waals surface area contributed by atoms with Crippen molar-refractivity contribution >= 4 is 5.97 Å². The number of allylic oxidation sites excluding steroid dienone is 8. The predicted molar refractivity (Wildman–Crippen MR) is 95.2 cm³/mol. The maximum absolute atomic E-state index is 10.5. The summed E-state index contributed by atoms with van der Waals surface area (Å²) < 4.78 is 0. The lowest BCUT2D eigenvalue weighted by atomic mass is 9.71. The van der Waals surface area contributed by atoms with E-state index in [0.717, 1.165) is 24.8 Å². The number of aliphatic hydroxyl groups is 1. The molecular weight excluding hydrogens is 288 g/mol. The van der Waals surface area contributed by atoms with Gasteiger partial charge in [-0.1, -0.05) is 48.5 Å². The molecule has 3 nitrogen and oxygen atoms in total. The summed E-state index contributed by atoms with van der Waals surface area (Å²) in [7, 11) is 0. The van der Waals surface area contributed by atoms with Crippen LogP contribution >= 0.6 is 0 Å². The summed E-state index contributed by atoms with van der Waals surface area (Å²) >= 11 is 0. The Morgan fingerprint density at radius 3 is 2.57 bits per heavy atom. The van der Waals surface area contributed by atoms with Gasteiger partial charge < -0.3 is 10.2 Å². The second-order valence-corrected chi connectivity index (χ2v) is 6.60. The van der Waals surface area contributed by atoms with Gasteiger partial charge in [-0.25, -0.2) is 4.79 Å². The molecular formula is C20H28O3. The lowest BCUT2D eigenvalue weighted by molar-refractivity contribution is -0.131. The summed E-state index contributed by atoms with van der Waals surface area (Å²) in [5, 5.41) is 18.4. The number of carbonyl (C=O) groups is 1. The minimum atomic E-state index is -0.934. The van der Waals surface area contributed by atoms with Crippen LogP contribution in [0.2, 0.25) is 0 Å². The number of hydrogen-bond donors (Lipinski definition) is 2. The number of rotatable bonds is 6. The number of carboxylic acid groups (broad SMARTS) is 1. The van der Waals surface area contributed by atoms with Crippen LogP contribution in [0.15, 0.2) is 58.7 Å². The molecule has 126 valence electrons. The van der Waals surface area contributed by atoms with Crippen LogP contribution in [0.1, 0.15) is 47.0 Å². The smallest absolute Gasteiger partial charge is 0.328 e. The molecule has 3 heteroatoms. The number of aliphatic hydroxyl groups excluding tert-OH is 1. The lowest BCUT2D eigenvalue weighted by Crippen LogP contribution is -2.27. The van der Waals surface area contributed by atoms with Crippen LogP contribution in [0.3, 0.4) is 0 Å². The molecule has 0 aromatic rings. The zero-order chi connectivity index (χ0) is 17.5. The Kier molecular flexibility index (Phi) is 7.24. The predicted octanol–water partition coefficient (Wildman–Crippen LogP) is 4.58. The van der Waals surface area contributed by atoms with Crippen LogP contribution < -0.4 is 0 Å². The molecule has 1 rings (SSSR count). The van der Waals surface area contributed by atoms with E-state index in [-0.39, 0.29) is 12.0 Å². The van der Waals surface area contributed by atoms with Crippen LogP contribution in [0.4, 0.5) is 0 Å². The second-order valence-electron chi connectivity index (χ2n) is 6.60. The third kappa shape index (κ3) is 6.03. The van der Waals surface area contributed by atoms with Crippen molar-refractivity contribution in [2.45, 2.75) is 47.0 Å². The Morgan fingerprint density at radius 1 is 1.26 bits per heavy atom. The van der Waals surface area contributed by atoms with Crippen molar-refractivity contribution in [1.82, 2.24) is 0 Å². The van der Waals surface area contributed by atoms with Gasteiger partial charge in [0.15, 0.2) is 0 Å². The third-order valence-electron chi connectivity index (χ3n) is 4.32. The molecule has 2 N–H and O–H groups in total. The van der Waals surface area contributed by atoms with Gasteiger partial charge in [-0.3, -0.25) is 0 Å². The highest BCUT2D eigenvalue weighted by atomic mass is 16.4. The molecule has 0 spiro atoms. The molecule has 1 unspecified atom stereocenters. The molecule has 0 fully saturated rings. The van der Waals surface area contributed by atoms with E-state index in [4.69, 9.17) is 5.11 Å². The molecule has 0 amide bonds. The zero-order valence-corrected chi connectivity index (χ0v) is 14.6. The molecule has 0 aromatic carbocycles. The normalized spacial score (nSPS) is 24.0. The molecule has 1 aliphatic carbocycles. The number of hydrogen-bond acceptors (Lipinski definition) is 2. The Balaban J connectivity index is 2.85. The fourth-order valence-corrected chi connectivity index (χ4v) is 2.90. The van der Waals surface area contributed by atoms with Crippen molar-refractivity contribution in [3.05, 3.63) is 58.7 Å². The summed E-state index contributed by atoms with van der Waals surface area (Å²) in [4.78, 5) is 10.5. The van der Waals surface area contributed by atoms with Crippen LogP contribution in [-0.4, -0.2) is 22.8 Å². The van der Waals surface area contributed by atoms with Gasteiger partial charge in [0, 0.05) is 11.5 Å². The molecule has 0 heterocycles. The maximum Gasteiger partial charge on any atom is 0.328 e. The highest BCUT2D eigenvalue weighted by Crippen LogP contribution is 2.40. The quantitative estimate of drug-likeness (QED) is 0.557. The monoisotopic (exact) mass is 316 g/mol. The van der Waals surface area contributed by atoms with E-state index < -0.39 is 5.97 Å². The minimum absolute atomic E-state index is 0.143. The van der Waals surface area contributed by atoms with Crippen molar-refractivity contribution in [3.8, 4) is 0 Å². The van der Waals surface area contributed by atoms with Crippen LogP contribution in [0.5, 0.6) is 0 Å². The number of carboxylic acids is 1. The van der Waals surface area contributed by atoms with Gasteiger partial charge in [-0.2, -0.15) is 0 Å². The van der Waals surface area contributed by atoms with Crippen LogP contribution in [-0.2, 0) is 4.79 Å². The molecule has 0 bridgehead atoms. The highest BCUT2D eigenvalue weighted by molar-refractivity contribution is 5.81. The van der Waals surface area contributed by atoms with Crippen LogP contribution in [0.25, 0.3) is 0 Å². The molecule has 0 aliphatic heterocycles. The molecule has 0 radical (unpaired) electrons. The topological polar surface area (TPSA) is 57.5 Å². The summed E-state index contributed by atoms with van der Waals surface area (Å²) in [6.45, 7) is 8.20. The van der Waals surface area contributed by atoms with Gasteiger partial charge >= 0.3 is 5.97 Å². The largest absolute Gasteiger partial charge is 0.478 e. The second kappa shape index (κ2) is 8.68. The average molecular weight is 316 g/mol. The van der Waals surface area contributed by atoms with E-state index in [1.807, 2.05) is 19.1 Å². The lowest BCUT2D eigenvalue weighted by Gasteiger charge is -2.34. The number of aliphatic carboxylic acids is 1. The van der Waals surface area contributed by atoms with Crippen molar-refractivity contribution in [2.24, 2.45) is 5.41 Å². The first-order valence-electron chi connectivity index (χ1n) is 8.04. The van der Waals surface area contributed by atoms with Gasteiger partial charge in [0.1, 0.15) is 0 Å². The Bertz CT molecular complexity index is 588. The van der Waals surface area contributed by atoms with Gasteiger partial charge in [0.2, 0.25) is 0 Å². The average Bonchev–Trinajstić information content (AvgIpc) is 2.46. The SMILES string of the molecule is CC1=C(/C=C/C(C)=C/C=C/C(C)=C/C(=O)O)C(C)(CO)CCC1. The first-order chi connectivity index (χ1) is 10.8. The fraction of sp³-hybridized carbons (Fsp3) is 0.450. The Morgan fingerprint density at radius 2 is 1.96 bits per heavy atom. The first-order valence-corrected chi connectivity index (χ1v) is 8.04. The minimum Gasteiger partial charge on any atom is -0.478 e. The van der Waals surface area contributed by atoms with Gasteiger partial charge in [-0.15, -0.1) is 0 Å². The fourth-order valence-electron chi connectivity index (χ4n) is 2.90. The van der Waals surface area contributed by atoms with E-state index in [1.165, 1.54) is 17.2 Å². The molecule has 1 atom stereocenters. The third-order valence-corrected chi connectivity index (χ3v) is 4.32. The Labute approximate surface area is 139 Å². The summed E-state index contributed by atoms with van der Waals surface area (Å²) in [5.41, 5.74) is 4.23. The van der Waals surface area contributed by atoms with Gasteiger partial charge in [-0.05, 0) is 51.2 Å². The van der Waals surface area contributed by atoms with Gasteiger partial charge in [0.25, 0.3) is 0 Å². The molecule has 0 saturated carbocycles. The Hall–Kier alpha value is -1.87. The highest BCUT2D eigenvalue weighted by Gasteiger charge is 2.30. The zero-order valence-electron chi connectivity index (χ0n) is 14.6. The van der Waals surface area contributed by atoms with E-state index in [9.17, 15) is 9.90 Å². The van der Waals surface area contributed by atoms with E-state index in [0.29, 0.717) is 5.57 Å². The van der Waals surface area contributed by atoms with E-state index in [2.05, 4.69) is 26.0 Å². The molecule has 1 aliphatic rings. The summed E-state index contributed by atoms with van der Waals surface area (Å²) in [6.07, 6.45) is 14.2.